The Labute approximate surface area is 204 Å². The second-order valence-corrected chi connectivity index (χ2v) is 7.88. The third-order valence-electron chi connectivity index (χ3n) is 5.26. The lowest BCUT2D eigenvalue weighted by Crippen LogP contribution is -2.37. The summed E-state index contributed by atoms with van der Waals surface area (Å²) in [4.78, 5) is 7.00. The number of aromatic nitrogens is 2. The zero-order valence-electron chi connectivity index (χ0n) is 18.6. The van der Waals surface area contributed by atoms with E-state index in [9.17, 15) is 13.2 Å². The number of halogens is 4. The van der Waals surface area contributed by atoms with Crippen LogP contribution in [0.4, 0.5) is 13.2 Å². The molecule has 1 aliphatic rings. The number of benzene rings is 1. The van der Waals surface area contributed by atoms with Crippen LogP contribution in [0.15, 0.2) is 35.5 Å². The highest BCUT2D eigenvalue weighted by Gasteiger charge is 2.36. The molecular weight excluding hydrogens is 532 g/mol. The number of alkyl halides is 3. The standard InChI is InChI=1S/C22H31F3N6.HI/c1-3-26-21(28-14-19-16-30(2)29-20(19)22(23,24)25)27-13-17-7-9-18(10-8-17)15-31-11-5-4-6-12-31;/h7-10,16H,3-6,11-15H2,1-2H3,(H2,26,27,28);1H. The van der Waals surface area contributed by atoms with Crippen LogP contribution in [0.2, 0.25) is 0 Å². The molecule has 0 bridgehead atoms. The van der Waals surface area contributed by atoms with Gasteiger partial charge in [-0.2, -0.15) is 18.3 Å². The van der Waals surface area contributed by atoms with Crippen molar-refractivity contribution in [3.8, 4) is 0 Å². The molecule has 6 nitrogen and oxygen atoms in total. The Morgan fingerprint density at radius 2 is 1.72 bits per heavy atom. The zero-order valence-corrected chi connectivity index (χ0v) is 20.9. The molecule has 1 fully saturated rings. The van der Waals surface area contributed by atoms with Gasteiger partial charge in [0, 0.05) is 38.4 Å². The fourth-order valence-electron chi connectivity index (χ4n) is 3.72. The fraction of sp³-hybridized carbons (Fsp3) is 0.545. The van der Waals surface area contributed by atoms with Crippen molar-refractivity contribution in [1.82, 2.24) is 25.3 Å². The first-order valence-electron chi connectivity index (χ1n) is 10.8. The second-order valence-electron chi connectivity index (χ2n) is 7.88. The molecule has 0 spiro atoms. The molecule has 3 rings (SSSR count). The number of aliphatic imine (C=N–C) groups is 1. The lowest BCUT2D eigenvalue weighted by Gasteiger charge is -2.26. The summed E-state index contributed by atoms with van der Waals surface area (Å²) < 4.78 is 40.6. The normalized spacial score (nSPS) is 15.3. The van der Waals surface area contributed by atoms with Crippen LogP contribution in [-0.4, -0.2) is 40.3 Å². The quantitative estimate of drug-likeness (QED) is 0.299. The number of aryl methyl sites for hydroxylation is 1. The number of rotatable bonds is 7. The summed E-state index contributed by atoms with van der Waals surface area (Å²) in [5.74, 6) is 0.469. The van der Waals surface area contributed by atoms with E-state index in [2.05, 4.69) is 49.9 Å². The first-order chi connectivity index (χ1) is 14.8. The van der Waals surface area contributed by atoms with Crippen LogP contribution in [0.3, 0.4) is 0 Å². The van der Waals surface area contributed by atoms with Crippen molar-refractivity contribution in [3.63, 3.8) is 0 Å². The van der Waals surface area contributed by atoms with Gasteiger partial charge in [-0.1, -0.05) is 30.7 Å². The van der Waals surface area contributed by atoms with Gasteiger partial charge >= 0.3 is 6.18 Å². The highest BCUT2D eigenvalue weighted by atomic mass is 127. The zero-order chi connectivity index (χ0) is 22.3. The predicted octanol–water partition coefficient (Wildman–Crippen LogP) is 4.30. The van der Waals surface area contributed by atoms with Crippen LogP contribution in [-0.2, 0) is 32.9 Å². The number of piperidine rings is 1. The van der Waals surface area contributed by atoms with E-state index in [-0.39, 0.29) is 36.1 Å². The minimum Gasteiger partial charge on any atom is -0.357 e. The third-order valence-corrected chi connectivity index (χ3v) is 5.26. The van der Waals surface area contributed by atoms with Gasteiger partial charge in [-0.25, -0.2) is 4.99 Å². The van der Waals surface area contributed by atoms with E-state index in [1.807, 2.05) is 6.92 Å². The maximum absolute atomic E-state index is 13.1. The number of guanidine groups is 1. The SMILES string of the molecule is CCNC(=NCc1ccc(CN2CCCCC2)cc1)NCc1cn(C)nc1C(F)(F)F.I. The maximum Gasteiger partial charge on any atom is 0.435 e. The number of likely N-dealkylation sites (tertiary alicyclic amines) is 1. The predicted molar refractivity (Wildman–Crippen MR) is 131 cm³/mol. The van der Waals surface area contributed by atoms with Crippen molar-refractivity contribution in [2.75, 3.05) is 19.6 Å². The molecule has 10 heteroatoms. The maximum atomic E-state index is 13.1. The van der Waals surface area contributed by atoms with E-state index in [4.69, 9.17) is 0 Å². The Kier molecular flexibility index (Phi) is 10.3. The van der Waals surface area contributed by atoms with E-state index >= 15 is 0 Å². The number of hydrogen-bond donors (Lipinski definition) is 2. The van der Waals surface area contributed by atoms with Crippen LogP contribution in [0, 0.1) is 0 Å². The molecular formula is C22H32F3IN6. The Bertz CT molecular complexity index is 858. The first kappa shape index (κ1) is 26.4. The minimum atomic E-state index is -4.48. The Balaban J connectivity index is 0.00000363. The highest BCUT2D eigenvalue weighted by molar-refractivity contribution is 14.0. The van der Waals surface area contributed by atoms with E-state index < -0.39 is 11.9 Å². The molecule has 0 unspecified atom stereocenters. The molecule has 178 valence electrons. The van der Waals surface area contributed by atoms with E-state index in [0.29, 0.717) is 19.0 Å². The lowest BCUT2D eigenvalue weighted by atomic mass is 10.1. The summed E-state index contributed by atoms with van der Waals surface area (Å²) in [5, 5.41) is 9.59. The van der Waals surface area contributed by atoms with Crippen molar-refractivity contribution in [1.29, 1.82) is 0 Å². The summed E-state index contributed by atoms with van der Waals surface area (Å²) in [7, 11) is 1.48. The van der Waals surface area contributed by atoms with Gasteiger partial charge in [-0.3, -0.25) is 9.58 Å². The lowest BCUT2D eigenvalue weighted by molar-refractivity contribution is -0.142. The summed E-state index contributed by atoms with van der Waals surface area (Å²) >= 11 is 0. The van der Waals surface area contributed by atoms with E-state index in [1.165, 1.54) is 42.8 Å². The number of nitrogens with zero attached hydrogens (tertiary/aromatic N) is 4. The molecule has 0 atom stereocenters. The van der Waals surface area contributed by atoms with Crippen molar-refractivity contribution < 1.29 is 13.2 Å². The van der Waals surface area contributed by atoms with Crippen LogP contribution < -0.4 is 10.6 Å². The summed E-state index contributed by atoms with van der Waals surface area (Å²) in [6.07, 6.45) is 0.769. The second kappa shape index (κ2) is 12.4. The van der Waals surface area contributed by atoms with Crippen molar-refractivity contribution in [3.05, 3.63) is 52.8 Å². The minimum absolute atomic E-state index is 0. The molecule has 2 heterocycles. The molecule has 32 heavy (non-hydrogen) atoms. The Hall–Kier alpha value is -1.82. The molecule has 2 aromatic rings. The van der Waals surface area contributed by atoms with Crippen molar-refractivity contribution >= 4 is 29.9 Å². The van der Waals surface area contributed by atoms with Crippen LogP contribution in [0.1, 0.15) is 48.6 Å². The first-order valence-corrected chi connectivity index (χ1v) is 10.8. The van der Waals surface area contributed by atoms with Crippen LogP contribution in [0.25, 0.3) is 0 Å². The molecule has 0 aliphatic carbocycles. The van der Waals surface area contributed by atoms with Crippen molar-refractivity contribution in [2.45, 2.75) is 52.0 Å². The largest absolute Gasteiger partial charge is 0.435 e. The van der Waals surface area contributed by atoms with Gasteiger partial charge in [0.1, 0.15) is 0 Å². The highest BCUT2D eigenvalue weighted by Crippen LogP contribution is 2.30. The van der Waals surface area contributed by atoms with Gasteiger partial charge in [0.2, 0.25) is 0 Å². The molecule has 0 amide bonds. The molecule has 0 radical (unpaired) electrons. The number of hydrogen-bond acceptors (Lipinski definition) is 3. The molecule has 1 aliphatic heterocycles. The van der Waals surface area contributed by atoms with Crippen LogP contribution in [0.5, 0.6) is 0 Å². The van der Waals surface area contributed by atoms with Gasteiger partial charge in [-0.05, 0) is 44.0 Å². The van der Waals surface area contributed by atoms with Gasteiger partial charge in [0.15, 0.2) is 11.7 Å². The van der Waals surface area contributed by atoms with Crippen LogP contribution >= 0.6 is 24.0 Å². The van der Waals surface area contributed by atoms with Crippen molar-refractivity contribution in [2.24, 2.45) is 12.0 Å². The summed E-state index contributed by atoms with van der Waals surface area (Å²) in [6, 6.07) is 8.39. The smallest absolute Gasteiger partial charge is 0.357 e. The summed E-state index contributed by atoms with van der Waals surface area (Å²) in [5.41, 5.74) is 1.55. The molecule has 0 saturated carbocycles. The average molecular weight is 564 g/mol. The molecule has 1 aromatic heterocycles. The van der Waals surface area contributed by atoms with Gasteiger partial charge in [0.05, 0.1) is 6.54 Å². The molecule has 1 aromatic carbocycles. The topological polar surface area (TPSA) is 57.5 Å². The molecule has 2 N–H and O–H groups in total. The Morgan fingerprint density at radius 1 is 1.06 bits per heavy atom. The Morgan fingerprint density at radius 3 is 2.34 bits per heavy atom. The van der Waals surface area contributed by atoms with E-state index in [1.54, 1.807) is 0 Å². The third kappa shape index (κ3) is 7.95. The average Bonchev–Trinajstić information content (AvgIpc) is 3.13. The van der Waals surface area contributed by atoms with Gasteiger partial charge in [0.25, 0.3) is 0 Å². The fourth-order valence-corrected chi connectivity index (χ4v) is 3.72. The molecule has 1 saturated heterocycles. The van der Waals surface area contributed by atoms with Gasteiger partial charge < -0.3 is 10.6 Å². The monoisotopic (exact) mass is 564 g/mol. The number of nitrogens with one attached hydrogen (secondary N) is 2. The van der Waals surface area contributed by atoms with Gasteiger partial charge in [-0.15, -0.1) is 24.0 Å². The van der Waals surface area contributed by atoms with E-state index in [0.717, 1.165) is 25.2 Å². The summed E-state index contributed by atoms with van der Waals surface area (Å²) in [6.45, 7) is 6.26.